The molecule has 9 nitrogen and oxygen atoms in total. The quantitative estimate of drug-likeness (QED) is 0.490. The van der Waals surface area contributed by atoms with E-state index >= 15 is 0 Å². The summed E-state index contributed by atoms with van der Waals surface area (Å²) in [6, 6.07) is -1.01. The van der Waals surface area contributed by atoms with E-state index in [0.29, 0.717) is 5.57 Å². The van der Waals surface area contributed by atoms with Crippen LogP contribution in [0.1, 0.15) is 33.6 Å². The molecule has 0 aromatic rings. The number of esters is 2. The smallest absolute Gasteiger partial charge is 0.333 e. The Morgan fingerprint density at radius 2 is 1.93 bits per heavy atom. The molecule has 10 heteroatoms. The van der Waals surface area contributed by atoms with E-state index in [-0.39, 0.29) is 30.7 Å². The monoisotopic (exact) mass is 401 g/mol. The summed E-state index contributed by atoms with van der Waals surface area (Å²) in [6.07, 6.45) is -1.26. The highest BCUT2D eigenvalue weighted by molar-refractivity contribution is 8.02. The summed E-state index contributed by atoms with van der Waals surface area (Å²) >= 11 is 1.29. The topological polar surface area (TPSA) is 119 Å². The molecule has 3 atom stereocenters. The Morgan fingerprint density at radius 1 is 1.26 bits per heavy atom. The van der Waals surface area contributed by atoms with Crippen molar-refractivity contribution in [3.63, 3.8) is 0 Å². The van der Waals surface area contributed by atoms with Gasteiger partial charge in [0.15, 0.2) is 12.1 Å². The summed E-state index contributed by atoms with van der Waals surface area (Å²) in [7, 11) is 1.42. The van der Waals surface area contributed by atoms with Crippen molar-refractivity contribution >= 4 is 35.6 Å². The van der Waals surface area contributed by atoms with Crippen molar-refractivity contribution in [1.29, 1.82) is 0 Å². The Balaban J connectivity index is 2.13. The molecule has 0 radical (unpaired) electrons. The first-order chi connectivity index (χ1) is 12.5. The van der Waals surface area contributed by atoms with Gasteiger partial charge in [0.25, 0.3) is 5.91 Å². The van der Waals surface area contributed by atoms with Crippen molar-refractivity contribution in [2.24, 2.45) is 0 Å². The van der Waals surface area contributed by atoms with Crippen molar-refractivity contribution < 1.29 is 38.5 Å². The second-order valence-corrected chi connectivity index (χ2v) is 8.10. The number of rotatable bonds is 7. The van der Waals surface area contributed by atoms with Crippen molar-refractivity contribution in [3.05, 3.63) is 11.0 Å². The standard InChI is InChI=1S/C17H23NO8S/c1-17(2,3)26-16(23)12-9(7-25-11(21)6-5-10(19)20)8-27-15-13(24-4)14(22)18(12)15/h8,12-13,15H,5-7H2,1-4H3,(H,19,20)/t12?,13-,15?/m1/s1. The molecular formula is C17H23NO8S. The van der Waals surface area contributed by atoms with E-state index in [1.54, 1.807) is 26.2 Å². The summed E-state index contributed by atoms with van der Waals surface area (Å²) in [5.41, 5.74) is -0.355. The average Bonchev–Trinajstić information content (AvgIpc) is 2.56. The summed E-state index contributed by atoms with van der Waals surface area (Å²) in [5, 5.41) is 9.92. The van der Waals surface area contributed by atoms with Gasteiger partial charge < -0.3 is 24.2 Å². The fraction of sp³-hybridized carbons (Fsp3) is 0.647. The second-order valence-electron chi connectivity index (χ2n) is 7.11. The van der Waals surface area contributed by atoms with Crippen LogP contribution >= 0.6 is 11.8 Å². The third kappa shape index (κ3) is 5.01. The zero-order chi connectivity index (χ0) is 20.4. The van der Waals surface area contributed by atoms with E-state index in [1.807, 2.05) is 0 Å². The zero-order valence-corrected chi connectivity index (χ0v) is 16.4. The number of nitrogens with zero attached hydrogens (tertiary/aromatic N) is 1. The Bertz CT molecular complexity index is 668. The maximum Gasteiger partial charge on any atom is 0.333 e. The van der Waals surface area contributed by atoms with E-state index < -0.39 is 35.7 Å². The molecule has 0 aliphatic carbocycles. The maximum absolute atomic E-state index is 12.7. The number of carboxylic acid groups (broad SMARTS) is 1. The SMILES string of the molecule is CO[C@@H]1C(=O)N2C(C(=O)OC(C)(C)C)C(COC(=O)CCC(=O)O)=CSC12. The Labute approximate surface area is 161 Å². The van der Waals surface area contributed by atoms with Crippen LogP contribution in [0.3, 0.4) is 0 Å². The van der Waals surface area contributed by atoms with Gasteiger partial charge in [-0.15, -0.1) is 11.8 Å². The molecular weight excluding hydrogens is 378 g/mol. The van der Waals surface area contributed by atoms with Gasteiger partial charge in [0.2, 0.25) is 0 Å². The van der Waals surface area contributed by atoms with Crippen LogP contribution in [-0.2, 0) is 33.4 Å². The minimum Gasteiger partial charge on any atom is -0.481 e. The lowest BCUT2D eigenvalue weighted by atomic mass is 9.99. The Hall–Kier alpha value is -2.07. The average molecular weight is 401 g/mol. The molecule has 2 rings (SSSR count). The number of hydrogen-bond donors (Lipinski definition) is 1. The van der Waals surface area contributed by atoms with Crippen LogP contribution in [0.2, 0.25) is 0 Å². The molecule has 1 amide bonds. The van der Waals surface area contributed by atoms with Crippen LogP contribution < -0.4 is 0 Å². The van der Waals surface area contributed by atoms with E-state index in [2.05, 4.69) is 0 Å². The normalized spacial score (nSPS) is 24.4. The number of ether oxygens (including phenoxy) is 3. The number of β-lactam (4-membered cyclic amide) rings is 1. The first-order valence-electron chi connectivity index (χ1n) is 8.35. The van der Waals surface area contributed by atoms with E-state index in [9.17, 15) is 19.2 Å². The number of aliphatic carboxylic acids is 1. The fourth-order valence-corrected chi connectivity index (χ4v) is 3.91. The third-order valence-corrected chi connectivity index (χ3v) is 5.04. The molecule has 0 aromatic heterocycles. The van der Waals surface area contributed by atoms with Crippen LogP contribution in [0.4, 0.5) is 0 Å². The van der Waals surface area contributed by atoms with Crippen LogP contribution in [-0.4, -0.2) is 70.7 Å². The predicted molar refractivity (Wildman–Crippen MR) is 94.6 cm³/mol. The van der Waals surface area contributed by atoms with Crippen molar-refractivity contribution in [2.75, 3.05) is 13.7 Å². The van der Waals surface area contributed by atoms with Crippen LogP contribution in [0.25, 0.3) is 0 Å². The number of amides is 1. The number of carboxylic acids is 1. The molecule has 1 saturated heterocycles. The zero-order valence-electron chi connectivity index (χ0n) is 15.6. The Morgan fingerprint density at radius 3 is 2.48 bits per heavy atom. The van der Waals surface area contributed by atoms with Gasteiger partial charge in [-0.2, -0.15) is 0 Å². The molecule has 2 unspecified atom stereocenters. The molecule has 2 aliphatic rings. The van der Waals surface area contributed by atoms with Crippen molar-refractivity contribution in [3.8, 4) is 0 Å². The van der Waals surface area contributed by atoms with Crippen molar-refractivity contribution in [1.82, 2.24) is 4.90 Å². The largest absolute Gasteiger partial charge is 0.481 e. The van der Waals surface area contributed by atoms with Gasteiger partial charge in [-0.05, 0) is 26.2 Å². The van der Waals surface area contributed by atoms with Gasteiger partial charge in [-0.25, -0.2) is 4.79 Å². The summed E-state index contributed by atoms with van der Waals surface area (Å²) in [5.74, 6) is -2.76. The van der Waals surface area contributed by atoms with Crippen molar-refractivity contribution in [2.45, 2.75) is 56.7 Å². The second kappa shape index (κ2) is 8.30. The number of hydrogen-bond acceptors (Lipinski definition) is 8. The fourth-order valence-electron chi connectivity index (χ4n) is 2.67. The Kier molecular flexibility index (Phi) is 6.53. The molecule has 2 aliphatic heterocycles. The van der Waals surface area contributed by atoms with Gasteiger partial charge in [0.1, 0.15) is 17.6 Å². The molecule has 0 saturated carbocycles. The highest BCUT2D eigenvalue weighted by Crippen LogP contribution is 2.41. The molecule has 150 valence electrons. The number of fused-ring (bicyclic) bond motifs is 1. The van der Waals surface area contributed by atoms with E-state index in [0.717, 1.165) is 0 Å². The van der Waals surface area contributed by atoms with E-state index in [4.69, 9.17) is 19.3 Å². The van der Waals surface area contributed by atoms with Gasteiger partial charge >= 0.3 is 17.9 Å². The molecule has 1 fully saturated rings. The highest BCUT2D eigenvalue weighted by atomic mass is 32.2. The first kappa shape index (κ1) is 21.2. The van der Waals surface area contributed by atoms with Gasteiger partial charge in [0.05, 0.1) is 12.8 Å². The maximum atomic E-state index is 12.7. The molecule has 1 N–H and O–H groups in total. The lowest BCUT2D eigenvalue weighted by Crippen LogP contribution is -2.70. The van der Waals surface area contributed by atoms with Gasteiger partial charge in [-0.3, -0.25) is 14.4 Å². The lowest BCUT2D eigenvalue weighted by molar-refractivity contribution is -0.179. The summed E-state index contributed by atoms with van der Waals surface area (Å²) in [6.45, 7) is 4.91. The molecule has 0 bridgehead atoms. The predicted octanol–water partition coefficient (Wildman–Crippen LogP) is 0.919. The molecule has 0 spiro atoms. The van der Waals surface area contributed by atoms with Crippen LogP contribution in [0.15, 0.2) is 11.0 Å². The van der Waals surface area contributed by atoms with Crippen LogP contribution in [0, 0.1) is 0 Å². The molecule has 2 heterocycles. The first-order valence-corrected chi connectivity index (χ1v) is 9.29. The third-order valence-electron chi connectivity index (χ3n) is 3.85. The highest BCUT2D eigenvalue weighted by Gasteiger charge is 2.56. The van der Waals surface area contributed by atoms with Crippen LogP contribution in [0.5, 0.6) is 0 Å². The minimum atomic E-state index is -1.11. The number of carbonyl (C=O) groups is 4. The summed E-state index contributed by atoms with van der Waals surface area (Å²) < 4.78 is 15.6. The lowest BCUT2D eigenvalue weighted by Gasteiger charge is -2.51. The number of carbonyl (C=O) groups excluding carboxylic acids is 3. The van der Waals surface area contributed by atoms with Gasteiger partial charge in [-0.1, -0.05) is 0 Å². The minimum absolute atomic E-state index is 0.233. The number of thioether (sulfide) groups is 1. The van der Waals surface area contributed by atoms with E-state index in [1.165, 1.54) is 23.8 Å². The summed E-state index contributed by atoms with van der Waals surface area (Å²) in [4.78, 5) is 48.6. The molecule has 0 aromatic carbocycles. The molecule has 27 heavy (non-hydrogen) atoms. The van der Waals surface area contributed by atoms with Gasteiger partial charge in [0, 0.05) is 12.7 Å². The number of methoxy groups -OCH3 is 1.